The molecule has 1 aliphatic rings. The van der Waals surface area contributed by atoms with E-state index >= 15 is 0 Å². The lowest BCUT2D eigenvalue weighted by molar-refractivity contribution is 0.443. The van der Waals surface area contributed by atoms with Crippen LogP contribution in [0.4, 0.5) is 10.1 Å². The van der Waals surface area contributed by atoms with Crippen LogP contribution in [0.25, 0.3) is 0 Å². The van der Waals surface area contributed by atoms with Crippen LogP contribution in [0.2, 0.25) is 0 Å². The maximum absolute atomic E-state index is 13.4. The van der Waals surface area contributed by atoms with Gasteiger partial charge in [0.15, 0.2) is 5.17 Å². The predicted octanol–water partition coefficient (Wildman–Crippen LogP) is 4.97. The van der Waals surface area contributed by atoms with Gasteiger partial charge in [0.2, 0.25) is 0 Å². The van der Waals surface area contributed by atoms with E-state index in [1.165, 1.54) is 6.07 Å². The molecule has 1 unspecified atom stereocenters. The number of amidine groups is 1. The van der Waals surface area contributed by atoms with Crippen LogP contribution < -0.4 is 5.32 Å². The first-order chi connectivity index (χ1) is 8.93. The van der Waals surface area contributed by atoms with Crippen molar-refractivity contribution in [2.45, 2.75) is 39.2 Å². The third-order valence-electron chi connectivity index (χ3n) is 3.52. The van der Waals surface area contributed by atoms with E-state index in [0.717, 1.165) is 35.0 Å². The second kappa shape index (κ2) is 5.83. The van der Waals surface area contributed by atoms with Crippen LogP contribution in [0.15, 0.2) is 21.6 Å². The first-order valence-electron chi connectivity index (χ1n) is 6.39. The van der Waals surface area contributed by atoms with Gasteiger partial charge in [-0.05, 0) is 60.3 Å². The summed E-state index contributed by atoms with van der Waals surface area (Å²) in [6, 6.07) is 3.30. The van der Waals surface area contributed by atoms with Gasteiger partial charge in [-0.15, -0.1) is 0 Å². The van der Waals surface area contributed by atoms with Crippen molar-refractivity contribution < 1.29 is 4.39 Å². The zero-order valence-corrected chi connectivity index (χ0v) is 13.8. The molecule has 5 heteroatoms. The van der Waals surface area contributed by atoms with E-state index in [0.29, 0.717) is 4.47 Å². The molecule has 0 aliphatic carbocycles. The number of thioether (sulfide) groups is 1. The number of aryl methyl sites for hydroxylation is 1. The Bertz CT molecular complexity index is 518. The topological polar surface area (TPSA) is 24.4 Å². The lowest BCUT2D eigenvalue weighted by Gasteiger charge is -2.29. The Labute approximate surface area is 126 Å². The highest BCUT2D eigenvalue weighted by atomic mass is 79.9. The fourth-order valence-corrected chi connectivity index (χ4v) is 3.46. The largest absolute Gasteiger partial charge is 0.335 e. The number of anilines is 1. The predicted molar refractivity (Wildman–Crippen MR) is 85.7 cm³/mol. The Morgan fingerprint density at radius 1 is 1.53 bits per heavy atom. The third-order valence-corrected chi connectivity index (χ3v) is 5.00. The molecular weight excluding hydrogens is 327 g/mol. The van der Waals surface area contributed by atoms with E-state index in [-0.39, 0.29) is 11.4 Å². The molecule has 0 saturated heterocycles. The number of nitrogens with zero attached hydrogens (tertiary/aromatic N) is 1. The summed E-state index contributed by atoms with van der Waals surface area (Å²) < 4.78 is 13.9. The van der Waals surface area contributed by atoms with Crippen molar-refractivity contribution in [1.29, 1.82) is 0 Å². The molecule has 104 valence electrons. The molecule has 0 aromatic heterocycles. The minimum Gasteiger partial charge on any atom is -0.335 e. The zero-order chi connectivity index (χ0) is 14.0. The van der Waals surface area contributed by atoms with Gasteiger partial charge < -0.3 is 5.32 Å². The van der Waals surface area contributed by atoms with Gasteiger partial charge >= 0.3 is 0 Å². The monoisotopic (exact) mass is 344 g/mol. The average Bonchev–Trinajstić information content (AvgIpc) is 2.36. The maximum Gasteiger partial charge on any atom is 0.161 e. The lowest BCUT2D eigenvalue weighted by atomic mass is 9.97. The van der Waals surface area contributed by atoms with E-state index in [4.69, 9.17) is 4.99 Å². The van der Waals surface area contributed by atoms with Crippen LogP contribution in [-0.4, -0.2) is 16.5 Å². The van der Waals surface area contributed by atoms with Crippen molar-refractivity contribution in [3.8, 4) is 0 Å². The first-order valence-corrected chi connectivity index (χ1v) is 8.17. The van der Waals surface area contributed by atoms with Gasteiger partial charge in [-0.25, -0.2) is 4.39 Å². The lowest BCUT2D eigenvalue weighted by Crippen LogP contribution is -2.29. The van der Waals surface area contributed by atoms with E-state index < -0.39 is 0 Å². The Balaban J connectivity index is 2.24. The Kier molecular flexibility index (Phi) is 4.56. The summed E-state index contributed by atoms with van der Waals surface area (Å²) in [6.07, 6.45) is 2.14. The minimum absolute atomic E-state index is 0.0265. The SMILES string of the molecule is CCC1(C)CCSC(Nc2cc(Br)c(F)cc2C)=N1. The van der Waals surface area contributed by atoms with Crippen LogP contribution >= 0.6 is 27.7 Å². The summed E-state index contributed by atoms with van der Waals surface area (Å²) in [5.74, 6) is 0.831. The van der Waals surface area contributed by atoms with Crippen LogP contribution in [0.3, 0.4) is 0 Å². The molecule has 1 N–H and O–H groups in total. The molecule has 0 amide bonds. The highest BCUT2D eigenvalue weighted by Crippen LogP contribution is 2.31. The van der Waals surface area contributed by atoms with Crippen LogP contribution in [0, 0.1) is 12.7 Å². The number of aliphatic imine (C=N–C) groups is 1. The van der Waals surface area contributed by atoms with Crippen LogP contribution in [-0.2, 0) is 0 Å². The summed E-state index contributed by atoms with van der Waals surface area (Å²) in [6.45, 7) is 6.24. The quantitative estimate of drug-likeness (QED) is 0.818. The van der Waals surface area contributed by atoms with Gasteiger partial charge in [0, 0.05) is 11.4 Å². The highest BCUT2D eigenvalue weighted by Gasteiger charge is 2.26. The van der Waals surface area contributed by atoms with Crippen LogP contribution in [0.1, 0.15) is 32.3 Å². The summed E-state index contributed by atoms with van der Waals surface area (Å²) >= 11 is 4.94. The summed E-state index contributed by atoms with van der Waals surface area (Å²) in [7, 11) is 0. The Morgan fingerprint density at radius 2 is 2.26 bits per heavy atom. The number of hydrogen-bond donors (Lipinski definition) is 1. The molecule has 1 heterocycles. The fourth-order valence-electron chi connectivity index (χ4n) is 1.92. The summed E-state index contributed by atoms with van der Waals surface area (Å²) in [5.41, 5.74) is 1.81. The van der Waals surface area contributed by atoms with Crippen LogP contribution in [0.5, 0.6) is 0 Å². The molecule has 0 bridgehead atoms. The molecule has 0 fully saturated rings. The normalized spacial score (nSPS) is 23.1. The molecule has 1 aromatic carbocycles. The molecule has 1 aliphatic heterocycles. The molecule has 0 spiro atoms. The van der Waals surface area contributed by atoms with E-state index in [2.05, 4.69) is 35.1 Å². The highest BCUT2D eigenvalue weighted by molar-refractivity contribution is 9.10. The first kappa shape index (κ1) is 14.9. The third kappa shape index (κ3) is 3.51. The van der Waals surface area contributed by atoms with Crippen molar-refractivity contribution in [3.63, 3.8) is 0 Å². The van der Waals surface area contributed by atoms with Gasteiger partial charge in [0.1, 0.15) is 5.82 Å². The second-order valence-corrected chi connectivity index (χ2v) is 7.01. The Hall–Kier alpha value is -0.550. The number of rotatable bonds is 2. The van der Waals surface area contributed by atoms with Crippen molar-refractivity contribution in [2.75, 3.05) is 11.1 Å². The number of nitrogens with one attached hydrogen (secondary N) is 1. The van der Waals surface area contributed by atoms with Gasteiger partial charge in [-0.2, -0.15) is 0 Å². The minimum atomic E-state index is -0.236. The number of halogens is 2. The van der Waals surface area contributed by atoms with E-state index in [1.807, 2.05) is 6.92 Å². The van der Waals surface area contributed by atoms with Crippen molar-refractivity contribution >= 4 is 38.5 Å². The van der Waals surface area contributed by atoms with Gasteiger partial charge in [0.25, 0.3) is 0 Å². The van der Waals surface area contributed by atoms with Crippen molar-refractivity contribution in [3.05, 3.63) is 28.0 Å². The molecule has 2 rings (SSSR count). The summed E-state index contributed by atoms with van der Waals surface area (Å²) in [4.78, 5) is 4.78. The molecule has 1 aromatic rings. The van der Waals surface area contributed by atoms with Crippen molar-refractivity contribution in [1.82, 2.24) is 0 Å². The Morgan fingerprint density at radius 3 is 2.95 bits per heavy atom. The molecule has 1 atom stereocenters. The van der Waals surface area contributed by atoms with E-state index in [9.17, 15) is 4.39 Å². The van der Waals surface area contributed by atoms with Gasteiger partial charge in [-0.1, -0.05) is 18.7 Å². The van der Waals surface area contributed by atoms with Crippen molar-refractivity contribution in [2.24, 2.45) is 4.99 Å². The molecule has 0 saturated carbocycles. The van der Waals surface area contributed by atoms with Gasteiger partial charge in [-0.3, -0.25) is 4.99 Å². The second-order valence-electron chi connectivity index (χ2n) is 5.07. The average molecular weight is 345 g/mol. The standard InChI is InChI=1S/C14H18BrFN2S/c1-4-14(3)5-6-19-13(18-14)17-12-8-10(15)11(16)7-9(12)2/h7-8H,4-6H2,1-3H3,(H,17,18). The summed E-state index contributed by atoms with van der Waals surface area (Å²) in [5, 5.41) is 4.25. The molecule has 2 nitrogen and oxygen atoms in total. The van der Waals surface area contributed by atoms with E-state index in [1.54, 1.807) is 17.8 Å². The molecule has 0 radical (unpaired) electrons. The number of benzene rings is 1. The fraction of sp³-hybridized carbons (Fsp3) is 0.500. The number of hydrogen-bond acceptors (Lipinski definition) is 3. The van der Waals surface area contributed by atoms with Gasteiger partial charge in [0.05, 0.1) is 10.0 Å². The molecule has 19 heavy (non-hydrogen) atoms. The molecular formula is C14H18BrFN2S. The zero-order valence-electron chi connectivity index (χ0n) is 11.4. The smallest absolute Gasteiger partial charge is 0.161 e. The maximum atomic E-state index is 13.4.